The minimum atomic E-state index is -0.0768. The molecule has 0 aliphatic rings. The fraction of sp³-hybridized carbons (Fsp3) is 0.364. The smallest absolute Gasteiger partial charge is 0.230 e. The number of rotatable bonds is 4. The molecule has 2 aromatic heterocycles. The zero-order chi connectivity index (χ0) is 12.3. The van der Waals surface area contributed by atoms with Crippen LogP contribution < -0.4 is 5.32 Å². The van der Waals surface area contributed by atoms with Gasteiger partial charge in [0, 0.05) is 17.5 Å². The standard InChI is InChI=1S/C11H14N4OS/c1-7(2)11-15-8(6-17-11)3-10(16)14-9-4-12-13-5-9/h4-7H,3H2,1-2H3,(H,12,13)(H,14,16). The minimum Gasteiger partial charge on any atom is -0.323 e. The summed E-state index contributed by atoms with van der Waals surface area (Å²) in [5.41, 5.74) is 1.49. The molecule has 0 saturated carbocycles. The van der Waals surface area contributed by atoms with Gasteiger partial charge in [0.2, 0.25) is 5.91 Å². The second kappa shape index (κ2) is 5.09. The predicted molar refractivity (Wildman–Crippen MR) is 67.1 cm³/mol. The van der Waals surface area contributed by atoms with Crippen LogP contribution in [0.1, 0.15) is 30.5 Å². The first-order chi connectivity index (χ1) is 8.15. The average molecular weight is 250 g/mol. The van der Waals surface area contributed by atoms with Gasteiger partial charge in [0.15, 0.2) is 0 Å². The van der Waals surface area contributed by atoms with Gasteiger partial charge < -0.3 is 5.32 Å². The van der Waals surface area contributed by atoms with Gasteiger partial charge in [-0.05, 0) is 0 Å². The second-order valence-electron chi connectivity index (χ2n) is 4.04. The van der Waals surface area contributed by atoms with Crippen LogP contribution in [-0.4, -0.2) is 21.1 Å². The first-order valence-corrected chi connectivity index (χ1v) is 6.26. The molecule has 0 aromatic carbocycles. The van der Waals surface area contributed by atoms with E-state index in [0.29, 0.717) is 18.0 Å². The Balaban J connectivity index is 1.93. The SMILES string of the molecule is CC(C)c1nc(CC(=O)Nc2cn[nH]c2)cs1. The van der Waals surface area contributed by atoms with Crippen molar-refractivity contribution in [2.45, 2.75) is 26.2 Å². The van der Waals surface area contributed by atoms with Crippen molar-refractivity contribution in [3.63, 3.8) is 0 Å². The van der Waals surface area contributed by atoms with E-state index in [-0.39, 0.29) is 5.91 Å². The maximum atomic E-state index is 11.7. The number of nitrogens with zero attached hydrogens (tertiary/aromatic N) is 2. The summed E-state index contributed by atoms with van der Waals surface area (Å²) in [6, 6.07) is 0. The molecule has 0 bridgehead atoms. The molecule has 90 valence electrons. The quantitative estimate of drug-likeness (QED) is 0.873. The van der Waals surface area contributed by atoms with Crippen LogP contribution in [0.2, 0.25) is 0 Å². The molecule has 0 saturated heterocycles. The molecule has 0 unspecified atom stereocenters. The molecule has 5 nitrogen and oxygen atoms in total. The summed E-state index contributed by atoms with van der Waals surface area (Å²) in [5.74, 6) is 0.331. The first kappa shape index (κ1) is 11.8. The largest absolute Gasteiger partial charge is 0.323 e. The Hall–Kier alpha value is -1.69. The van der Waals surface area contributed by atoms with Gasteiger partial charge >= 0.3 is 0 Å². The maximum Gasteiger partial charge on any atom is 0.230 e. The predicted octanol–water partition coefficient (Wildman–Crippen LogP) is 2.17. The second-order valence-corrected chi connectivity index (χ2v) is 4.93. The minimum absolute atomic E-state index is 0.0768. The van der Waals surface area contributed by atoms with Crippen molar-refractivity contribution >= 4 is 22.9 Å². The zero-order valence-corrected chi connectivity index (χ0v) is 10.5. The van der Waals surface area contributed by atoms with Gasteiger partial charge in [0.1, 0.15) is 0 Å². The van der Waals surface area contributed by atoms with Crippen LogP contribution in [0.3, 0.4) is 0 Å². The van der Waals surface area contributed by atoms with Crippen LogP contribution >= 0.6 is 11.3 Å². The van der Waals surface area contributed by atoms with Crippen LogP contribution in [-0.2, 0) is 11.2 Å². The highest BCUT2D eigenvalue weighted by Gasteiger charge is 2.10. The molecule has 1 amide bonds. The monoisotopic (exact) mass is 250 g/mol. The summed E-state index contributed by atoms with van der Waals surface area (Å²) in [6.45, 7) is 4.18. The number of hydrogen-bond acceptors (Lipinski definition) is 4. The van der Waals surface area contributed by atoms with Gasteiger partial charge in [-0.3, -0.25) is 9.89 Å². The Morgan fingerprint density at radius 2 is 2.41 bits per heavy atom. The molecule has 17 heavy (non-hydrogen) atoms. The van der Waals surface area contributed by atoms with Crippen molar-refractivity contribution in [3.05, 3.63) is 28.5 Å². The maximum absolute atomic E-state index is 11.7. The molecule has 2 heterocycles. The Kier molecular flexibility index (Phi) is 3.53. The summed E-state index contributed by atoms with van der Waals surface area (Å²) in [7, 11) is 0. The molecule has 2 N–H and O–H groups in total. The fourth-order valence-corrected chi connectivity index (χ4v) is 2.19. The van der Waals surface area contributed by atoms with E-state index in [1.54, 1.807) is 23.7 Å². The van der Waals surface area contributed by atoms with Crippen LogP contribution in [0.15, 0.2) is 17.8 Å². The molecule has 2 aromatic rings. The van der Waals surface area contributed by atoms with E-state index in [2.05, 4.69) is 34.3 Å². The number of thiazole rings is 1. The van der Waals surface area contributed by atoms with Crippen LogP contribution in [0.25, 0.3) is 0 Å². The van der Waals surface area contributed by atoms with E-state index in [9.17, 15) is 4.79 Å². The van der Waals surface area contributed by atoms with Crippen molar-refractivity contribution in [3.8, 4) is 0 Å². The summed E-state index contributed by atoms with van der Waals surface area (Å²) >= 11 is 1.60. The third-order valence-electron chi connectivity index (χ3n) is 2.19. The van der Waals surface area contributed by atoms with Crippen molar-refractivity contribution < 1.29 is 4.79 Å². The van der Waals surface area contributed by atoms with Crippen LogP contribution in [0.4, 0.5) is 5.69 Å². The number of aromatic amines is 1. The number of hydrogen-bond donors (Lipinski definition) is 2. The van der Waals surface area contributed by atoms with Crippen molar-refractivity contribution in [2.75, 3.05) is 5.32 Å². The van der Waals surface area contributed by atoms with Crippen molar-refractivity contribution in [1.29, 1.82) is 0 Å². The van der Waals surface area contributed by atoms with E-state index in [1.807, 2.05) is 5.38 Å². The van der Waals surface area contributed by atoms with E-state index >= 15 is 0 Å². The molecule has 0 spiro atoms. The number of carbonyl (C=O) groups is 1. The lowest BCUT2D eigenvalue weighted by Crippen LogP contribution is -2.14. The molecular weight excluding hydrogens is 236 g/mol. The number of nitrogens with one attached hydrogen (secondary N) is 2. The number of aromatic nitrogens is 3. The highest BCUT2D eigenvalue weighted by atomic mass is 32.1. The Bertz CT molecular complexity index is 489. The van der Waals surface area contributed by atoms with Crippen molar-refractivity contribution in [1.82, 2.24) is 15.2 Å². The van der Waals surface area contributed by atoms with Crippen molar-refractivity contribution in [2.24, 2.45) is 0 Å². The number of H-pyrrole nitrogens is 1. The highest BCUT2D eigenvalue weighted by Crippen LogP contribution is 2.19. The summed E-state index contributed by atoms with van der Waals surface area (Å²) in [4.78, 5) is 16.1. The average Bonchev–Trinajstić information content (AvgIpc) is 2.88. The molecule has 0 atom stereocenters. The van der Waals surface area contributed by atoms with Gasteiger partial charge in [-0.1, -0.05) is 13.8 Å². The third-order valence-corrected chi connectivity index (χ3v) is 3.38. The number of amides is 1. The van der Waals surface area contributed by atoms with Gasteiger partial charge in [0.25, 0.3) is 0 Å². The highest BCUT2D eigenvalue weighted by molar-refractivity contribution is 7.09. The lowest BCUT2D eigenvalue weighted by molar-refractivity contribution is -0.115. The normalized spacial score (nSPS) is 10.8. The molecule has 2 rings (SSSR count). The molecule has 0 aliphatic heterocycles. The third kappa shape index (κ3) is 3.13. The first-order valence-electron chi connectivity index (χ1n) is 5.38. The Morgan fingerprint density at radius 1 is 1.59 bits per heavy atom. The summed E-state index contributed by atoms with van der Waals surface area (Å²) < 4.78 is 0. The number of anilines is 1. The fourth-order valence-electron chi connectivity index (χ4n) is 1.36. The molecular formula is C11H14N4OS. The zero-order valence-electron chi connectivity index (χ0n) is 9.73. The summed E-state index contributed by atoms with van der Waals surface area (Å²) in [5, 5.41) is 12.1. The van der Waals surface area contributed by atoms with Gasteiger partial charge in [-0.2, -0.15) is 5.10 Å². The molecule has 6 heteroatoms. The van der Waals surface area contributed by atoms with Gasteiger partial charge in [-0.15, -0.1) is 11.3 Å². The van der Waals surface area contributed by atoms with Gasteiger partial charge in [-0.25, -0.2) is 4.98 Å². The lowest BCUT2D eigenvalue weighted by Gasteiger charge is -2.00. The van der Waals surface area contributed by atoms with E-state index < -0.39 is 0 Å². The topological polar surface area (TPSA) is 70.7 Å². The number of carbonyl (C=O) groups excluding carboxylic acids is 1. The van der Waals surface area contributed by atoms with E-state index in [0.717, 1.165) is 10.7 Å². The molecule has 0 aliphatic carbocycles. The Morgan fingerprint density at radius 3 is 3.00 bits per heavy atom. The van der Waals surface area contributed by atoms with Gasteiger partial charge in [0.05, 0.1) is 29.0 Å². The van der Waals surface area contributed by atoms with E-state index in [4.69, 9.17) is 0 Å². The van der Waals surface area contributed by atoms with Crippen LogP contribution in [0, 0.1) is 0 Å². The molecule has 0 fully saturated rings. The lowest BCUT2D eigenvalue weighted by atomic mass is 10.2. The van der Waals surface area contributed by atoms with E-state index in [1.165, 1.54) is 0 Å². The molecule has 0 radical (unpaired) electrons. The summed E-state index contributed by atoms with van der Waals surface area (Å²) in [6.07, 6.45) is 3.51. The van der Waals surface area contributed by atoms with Crippen LogP contribution in [0.5, 0.6) is 0 Å². The Labute approximate surface area is 103 Å².